The van der Waals surface area contributed by atoms with E-state index < -0.39 is 0 Å². The van der Waals surface area contributed by atoms with Gasteiger partial charge in [0, 0.05) is 0 Å². The molecule has 0 amide bonds. The van der Waals surface area contributed by atoms with Gasteiger partial charge in [-0.1, -0.05) is 30.7 Å². The molecule has 1 N–H and O–H groups in total. The average Bonchev–Trinajstić information content (AvgIpc) is 2.20. The predicted octanol–water partition coefficient (Wildman–Crippen LogP) is 2.72. The molecule has 0 spiro atoms. The molecular formula is C11H16ClNO. The Balaban J connectivity index is 2.21. The Labute approximate surface area is 90.2 Å². The highest BCUT2D eigenvalue weighted by atomic mass is 35.5. The van der Waals surface area contributed by atoms with Crippen molar-refractivity contribution in [3.8, 4) is 5.75 Å². The number of nitrogens with one attached hydrogen (secondary N) is 1. The Morgan fingerprint density at radius 3 is 2.86 bits per heavy atom. The van der Waals surface area contributed by atoms with Crippen molar-refractivity contribution in [2.24, 2.45) is 0 Å². The first-order chi connectivity index (χ1) is 6.84. The minimum absolute atomic E-state index is 0.677. The second-order valence-corrected chi connectivity index (χ2v) is 3.39. The summed E-state index contributed by atoms with van der Waals surface area (Å²) < 4.78 is 5.51. The van der Waals surface area contributed by atoms with Gasteiger partial charge in [-0.05, 0) is 31.6 Å². The van der Waals surface area contributed by atoms with Crippen LogP contribution >= 0.6 is 11.6 Å². The summed E-state index contributed by atoms with van der Waals surface area (Å²) in [7, 11) is 0. The number of hydrogen-bond acceptors (Lipinski definition) is 2. The van der Waals surface area contributed by atoms with Gasteiger partial charge in [-0.15, -0.1) is 0 Å². The van der Waals surface area contributed by atoms with E-state index in [0.29, 0.717) is 11.6 Å². The fourth-order valence-corrected chi connectivity index (χ4v) is 1.31. The van der Waals surface area contributed by atoms with Gasteiger partial charge in [-0.2, -0.15) is 0 Å². The van der Waals surface area contributed by atoms with Crippen molar-refractivity contribution in [1.29, 1.82) is 0 Å². The van der Waals surface area contributed by atoms with Crippen molar-refractivity contribution in [1.82, 2.24) is 5.32 Å². The average molecular weight is 214 g/mol. The molecule has 0 saturated heterocycles. The van der Waals surface area contributed by atoms with Gasteiger partial charge in [0.05, 0.1) is 11.6 Å². The quantitative estimate of drug-likeness (QED) is 0.734. The third kappa shape index (κ3) is 3.99. The topological polar surface area (TPSA) is 21.3 Å². The van der Waals surface area contributed by atoms with E-state index in [1.54, 1.807) is 0 Å². The normalized spacial score (nSPS) is 10.1. The SMILES string of the molecule is CCNCCCOc1ccccc1Cl. The Kier molecular flexibility index (Phi) is 5.42. The molecule has 14 heavy (non-hydrogen) atoms. The van der Waals surface area contributed by atoms with Crippen molar-refractivity contribution in [2.75, 3.05) is 19.7 Å². The van der Waals surface area contributed by atoms with Crippen molar-refractivity contribution >= 4 is 11.6 Å². The van der Waals surface area contributed by atoms with Crippen molar-refractivity contribution < 1.29 is 4.74 Å². The molecule has 0 fully saturated rings. The van der Waals surface area contributed by atoms with Gasteiger partial charge in [-0.3, -0.25) is 0 Å². The Hall–Kier alpha value is -0.730. The van der Waals surface area contributed by atoms with Crippen LogP contribution in [0.2, 0.25) is 5.02 Å². The Morgan fingerprint density at radius 1 is 1.36 bits per heavy atom. The summed E-state index contributed by atoms with van der Waals surface area (Å²) in [6.07, 6.45) is 0.999. The number of halogens is 1. The maximum Gasteiger partial charge on any atom is 0.137 e. The van der Waals surface area contributed by atoms with E-state index in [4.69, 9.17) is 16.3 Å². The van der Waals surface area contributed by atoms with Gasteiger partial charge in [0.1, 0.15) is 5.75 Å². The molecule has 1 rings (SSSR count). The monoisotopic (exact) mass is 213 g/mol. The fraction of sp³-hybridized carbons (Fsp3) is 0.455. The molecule has 1 aromatic carbocycles. The Morgan fingerprint density at radius 2 is 2.14 bits per heavy atom. The molecule has 0 atom stereocenters. The van der Waals surface area contributed by atoms with Crippen LogP contribution in [0, 0.1) is 0 Å². The van der Waals surface area contributed by atoms with Gasteiger partial charge >= 0.3 is 0 Å². The molecule has 1 aromatic rings. The molecule has 0 heterocycles. The minimum Gasteiger partial charge on any atom is -0.492 e. The number of hydrogen-bond donors (Lipinski definition) is 1. The number of rotatable bonds is 6. The van der Waals surface area contributed by atoms with Crippen molar-refractivity contribution in [3.05, 3.63) is 29.3 Å². The van der Waals surface area contributed by atoms with Crippen LogP contribution < -0.4 is 10.1 Å². The van der Waals surface area contributed by atoms with E-state index in [0.717, 1.165) is 25.3 Å². The lowest BCUT2D eigenvalue weighted by Crippen LogP contribution is -2.16. The maximum atomic E-state index is 5.92. The van der Waals surface area contributed by atoms with Crippen LogP contribution in [0.3, 0.4) is 0 Å². The molecule has 0 saturated carbocycles. The zero-order valence-corrected chi connectivity index (χ0v) is 9.18. The van der Waals surface area contributed by atoms with Gasteiger partial charge in [0.15, 0.2) is 0 Å². The van der Waals surface area contributed by atoms with E-state index in [9.17, 15) is 0 Å². The summed E-state index contributed by atoms with van der Waals surface area (Å²) in [5, 5.41) is 3.91. The second-order valence-electron chi connectivity index (χ2n) is 2.99. The first-order valence-electron chi connectivity index (χ1n) is 4.92. The number of para-hydroxylation sites is 1. The zero-order chi connectivity index (χ0) is 10.2. The molecule has 0 radical (unpaired) electrons. The third-order valence-corrected chi connectivity index (χ3v) is 2.15. The zero-order valence-electron chi connectivity index (χ0n) is 8.42. The highest BCUT2D eigenvalue weighted by Crippen LogP contribution is 2.22. The predicted molar refractivity (Wildman–Crippen MR) is 60.1 cm³/mol. The van der Waals surface area contributed by atoms with Crippen LogP contribution in [-0.4, -0.2) is 19.7 Å². The lowest BCUT2D eigenvalue weighted by molar-refractivity contribution is 0.309. The van der Waals surface area contributed by atoms with Gasteiger partial charge in [-0.25, -0.2) is 0 Å². The highest BCUT2D eigenvalue weighted by Gasteiger charge is 1.98. The standard InChI is InChI=1S/C11H16ClNO/c1-2-13-8-5-9-14-11-7-4-3-6-10(11)12/h3-4,6-7,13H,2,5,8-9H2,1H3. The summed E-state index contributed by atoms with van der Waals surface area (Å²) in [5.74, 6) is 0.769. The third-order valence-electron chi connectivity index (χ3n) is 1.84. The number of ether oxygens (including phenoxy) is 1. The lowest BCUT2D eigenvalue weighted by Gasteiger charge is -2.07. The first-order valence-corrected chi connectivity index (χ1v) is 5.30. The fourth-order valence-electron chi connectivity index (χ4n) is 1.12. The minimum atomic E-state index is 0.677. The van der Waals surface area contributed by atoms with Gasteiger partial charge < -0.3 is 10.1 Å². The van der Waals surface area contributed by atoms with Crippen LogP contribution in [0.15, 0.2) is 24.3 Å². The molecular weight excluding hydrogens is 198 g/mol. The lowest BCUT2D eigenvalue weighted by atomic mass is 10.3. The van der Waals surface area contributed by atoms with Crippen LogP contribution in [0.4, 0.5) is 0 Å². The molecule has 0 bridgehead atoms. The van der Waals surface area contributed by atoms with E-state index in [2.05, 4.69) is 12.2 Å². The summed E-state index contributed by atoms with van der Waals surface area (Å²) in [6.45, 7) is 4.79. The summed E-state index contributed by atoms with van der Waals surface area (Å²) in [5.41, 5.74) is 0. The van der Waals surface area contributed by atoms with E-state index in [1.807, 2.05) is 24.3 Å². The maximum absolute atomic E-state index is 5.92. The van der Waals surface area contributed by atoms with Gasteiger partial charge in [0.2, 0.25) is 0 Å². The van der Waals surface area contributed by atoms with Crippen LogP contribution in [0.5, 0.6) is 5.75 Å². The first kappa shape index (κ1) is 11.3. The van der Waals surface area contributed by atoms with E-state index in [1.165, 1.54) is 0 Å². The number of benzene rings is 1. The summed E-state index contributed by atoms with van der Waals surface area (Å²) >= 11 is 5.92. The molecule has 78 valence electrons. The van der Waals surface area contributed by atoms with Gasteiger partial charge in [0.25, 0.3) is 0 Å². The smallest absolute Gasteiger partial charge is 0.137 e. The molecule has 0 aliphatic heterocycles. The largest absolute Gasteiger partial charge is 0.492 e. The van der Waals surface area contributed by atoms with Crippen LogP contribution in [-0.2, 0) is 0 Å². The van der Waals surface area contributed by atoms with Crippen molar-refractivity contribution in [2.45, 2.75) is 13.3 Å². The molecule has 3 heteroatoms. The Bertz CT molecular complexity index is 265. The molecule has 0 unspecified atom stereocenters. The molecule has 2 nitrogen and oxygen atoms in total. The highest BCUT2D eigenvalue weighted by molar-refractivity contribution is 6.32. The second kappa shape index (κ2) is 6.68. The summed E-state index contributed by atoms with van der Waals surface area (Å²) in [4.78, 5) is 0. The van der Waals surface area contributed by atoms with E-state index >= 15 is 0 Å². The molecule has 0 aromatic heterocycles. The molecule has 0 aliphatic carbocycles. The summed E-state index contributed by atoms with van der Waals surface area (Å²) in [6, 6.07) is 7.54. The van der Waals surface area contributed by atoms with Crippen molar-refractivity contribution in [3.63, 3.8) is 0 Å². The van der Waals surface area contributed by atoms with Crippen LogP contribution in [0.25, 0.3) is 0 Å². The van der Waals surface area contributed by atoms with Crippen LogP contribution in [0.1, 0.15) is 13.3 Å². The van der Waals surface area contributed by atoms with E-state index in [-0.39, 0.29) is 0 Å². The molecule has 0 aliphatic rings.